The quantitative estimate of drug-likeness (QED) is 0.817. The average Bonchev–Trinajstić information content (AvgIpc) is 2.15. The lowest BCUT2D eigenvalue weighted by Gasteiger charge is -2.32. The highest BCUT2D eigenvalue weighted by Gasteiger charge is 2.30. The van der Waals surface area contributed by atoms with E-state index in [1.807, 2.05) is 0 Å². The van der Waals surface area contributed by atoms with Crippen LogP contribution in [0.2, 0.25) is 0 Å². The normalized spacial score (nSPS) is 25.1. The fraction of sp³-hybridized carbons (Fsp3) is 0.400. The molecule has 0 bridgehead atoms. The van der Waals surface area contributed by atoms with Crippen LogP contribution in [-0.4, -0.2) is 20.5 Å². The summed E-state index contributed by atoms with van der Waals surface area (Å²) in [5.74, 6) is -0.562. The molecule has 0 aromatic heterocycles. The molecule has 0 amide bonds. The van der Waals surface area contributed by atoms with Crippen molar-refractivity contribution in [1.82, 2.24) is 4.72 Å². The third-order valence-electron chi connectivity index (χ3n) is 2.60. The van der Waals surface area contributed by atoms with Gasteiger partial charge in [-0.25, -0.2) is 17.5 Å². The first-order valence-corrected chi connectivity index (χ1v) is 6.49. The van der Waals surface area contributed by atoms with Crippen LogP contribution in [0.25, 0.3) is 0 Å². The van der Waals surface area contributed by atoms with Crippen molar-refractivity contribution in [3.63, 3.8) is 0 Å². The van der Waals surface area contributed by atoms with Gasteiger partial charge in [0.05, 0.1) is 4.90 Å². The van der Waals surface area contributed by atoms with Gasteiger partial charge in [0.25, 0.3) is 0 Å². The molecule has 1 saturated carbocycles. The molecule has 88 valence electrons. The summed E-state index contributed by atoms with van der Waals surface area (Å²) in [6, 6.07) is 4.89. The van der Waals surface area contributed by atoms with Crippen molar-refractivity contribution in [1.29, 1.82) is 0 Å². The van der Waals surface area contributed by atoms with E-state index in [2.05, 4.69) is 4.72 Å². The number of hydrogen-bond acceptors (Lipinski definition) is 3. The Hall–Kier alpha value is -0.980. The lowest BCUT2D eigenvalue weighted by Crippen LogP contribution is -2.50. The van der Waals surface area contributed by atoms with Crippen molar-refractivity contribution in [3.05, 3.63) is 30.1 Å². The van der Waals surface area contributed by atoms with Crippen molar-refractivity contribution in [2.75, 3.05) is 0 Å². The first-order chi connectivity index (χ1) is 7.47. The Balaban J connectivity index is 2.13. The van der Waals surface area contributed by atoms with Crippen molar-refractivity contribution in [2.45, 2.75) is 29.8 Å². The Bertz CT molecular complexity index is 483. The van der Waals surface area contributed by atoms with Crippen LogP contribution < -0.4 is 10.5 Å². The van der Waals surface area contributed by atoms with Crippen LogP contribution in [0.3, 0.4) is 0 Å². The van der Waals surface area contributed by atoms with E-state index in [0.29, 0.717) is 12.8 Å². The van der Waals surface area contributed by atoms with Crippen molar-refractivity contribution < 1.29 is 12.8 Å². The van der Waals surface area contributed by atoms with E-state index in [1.54, 1.807) is 0 Å². The number of nitrogens with two attached hydrogens (primary N) is 1. The molecule has 0 atom stereocenters. The van der Waals surface area contributed by atoms with Crippen LogP contribution in [0.15, 0.2) is 29.2 Å². The first-order valence-electron chi connectivity index (χ1n) is 5.01. The molecule has 0 spiro atoms. The monoisotopic (exact) mass is 244 g/mol. The van der Waals surface area contributed by atoms with Crippen LogP contribution in [-0.2, 0) is 10.0 Å². The van der Waals surface area contributed by atoms with Crippen LogP contribution in [0.5, 0.6) is 0 Å². The fourth-order valence-corrected chi connectivity index (χ4v) is 2.97. The van der Waals surface area contributed by atoms with Gasteiger partial charge in [0.2, 0.25) is 10.0 Å². The molecule has 4 nitrogen and oxygen atoms in total. The Morgan fingerprint density at radius 2 is 2.06 bits per heavy atom. The van der Waals surface area contributed by atoms with Gasteiger partial charge in [-0.3, -0.25) is 0 Å². The minimum Gasteiger partial charge on any atom is -0.328 e. The topological polar surface area (TPSA) is 72.2 Å². The predicted octanol–water partition coefficient (Wildman–Crippen LogP) is 0.594. The van der Waals surface area contributed by atoms with E-state index in [1.165, 1.54) is 18.2 Å². The number of nitrogens with one attached hydrogen (secondary N) is 1. The van der Waals surface area contributed by atoms with Gasteiger partial charge in [-0.2, -0.15) is 0 Å². The van der Waals surface area contributed by atoms with Gasteiger partial charge < -0.3 is 5.73 Å². The van der Waals surface area contributed by atoms with Gasteiger partial charge in [-0.05, 0) is 31.0 Å². The fourth-order valence-electron chi connectivity index (χ4n) is 1.68. The number of halogens is 1. The van der Waals surface area contributed by atoms with E-state index < -0.39 is 15.8 Å². The molecule has 1 fully saturated rings. The van der Waals surface area contributed by atoms with Crippen LogP contribution in [0.4, 0.5) is 4.39 Å². The van der Waals surface area contributed by atoms with Crippen LogP contribution in [0.1, 0.15) is 12.8 Å². The molecule has 1 aromatic rings. The predicted molar refractivity (Wildman–Crippen MR) is 57.7 cm³/mol. The van der Waals surface area contributed by atoms with Crippen LogP contribution in [0, 0.1) is 5.82 Å². The summed E-state index contributed by atoms with van der Waals surface area (Å²) in [4.78, 5) is -0.0482. The molecule has 1 aliphatic carbocycles. The summed E-state index contributed by atoms with van der Waals surface area (Å²) in [6.07, 6.45) is 1.27. The second kappa shape index (κ2) is 4.12. The summed E-state index contributed by atoms with van der Waals surface area (Å²) < 4.78 is 38.9. The van der Waals surface area contributed by atoms with E-state index in [4.69, 9.17) is 5.73 Å². The van der Waals surface area contributed by atoms with E-state index in [0.717, 1.165) is 6.07 Å². The molecule has 1 aliphatic rings. The second-order valence-electron chi connectivity index (χ2n) is 4.01. The van der Waals surface area contributed by atoms with Gasteiger partial charge >= 0.3 is 0 Å². The second-order valence-corrected chi connectivity index (χ2v) is 5.72. The van der Waals surface area contributed by atoms with Gasteiger partial charge in [-0.1, -0.05) is 6.07 Å². The van der Waals surface area contributed by atoms with Crippen molar-refractivity contribution in [2.24, 2.45) is 5.73 Å². The average molecular weight is 244 g/mol. The molecule has 16 heavy (non-hydrogen) atoms. The lowest BCUT2D eigenvalue weighted by molar-refractivity contribution is 0.327. The van der Waals surface area contributed by atoms with Gasteiger partial charge in [0, 0.05) is 12.1 Å². The maximum atomic E-state index is 12.9. The molecule has 2 rings (SSSR count). The molecule has 0 unspecified atom stereocenters. The molecular weight excluding hydrogens is 231 g/mol. The Morgan fingerprint density at radius 3 is 2.62 bits per heavy atom. The molecule has 3 N–H and O–H groups in total. The first kappa shape index (κ1) is 11.5. The molecular formula is C10H13FN2O2S. The summed E-state index contributed by atoms with van der Waals surface area (Å²) in [6.45, 7) is 0. The van der Waals surface area contributed by atoms with Crippen molar-refractivity contribution in [3.8, 4) is 0 Å². The van der Waals surface area contributed by atoms with Gasteiger partial charge in [-0.15, -0.1) is 0 Å². The lowest BCUT2D eigenvalue weighted by atomic mass is 9.89. The molecule has 0 heterocycles. The third kappa shape index (κ3) is 2.40. The number of sulfonamides is 1. The molecule has 6 heteroatoms. The van der Waals surface area contributed by atoms with Crippen molar-refractivity contribution >= 4 is 10.0 Å². The van der Waals surface area contributed by atoms with Gasteiger partial charge in [0.15, 0.2) is 0 Å². The number of benzene rings is 1. The minimum absolute atomic E-state index is 0.0482. The standard InChI is InChI=1S/C10H13FN2O2S/c11-7-2-1-3-10(4-7)16(14,15)13-9-5-8(12)6-9/h1-4,8-9,13H,5-6,12H2. The maximum Gasteiger partial charge on any atom is 0.240 e. The number of rotatable bonds is 3. The highest BCUT2D eigenvalue weighted by molar-refractivity contribution is 7.89. The maximum absolute atomic E-state index is 12.9. The molecule has 0 aliphatic heterocycles. The summed E-state index contributed by atoms with van der Waals surface area (Å²) in [5.41, 5.74) is 5.56. The smallest absolute Gasteiger partial charge is 0.240 e. The zero-order valence-electron chi connectivity index (χ0n) is 8.56. The van der Waals surface area contributed by atoms with E-state index >= 15 is 0 Å². The highest BCUT2D eigenvalue weighted by Crippen LogP contribution is 2.20. The molecule has 0 radical (unpaired) electrons. The Kier molecular flexibility index (Phi) is 2.96. The zero-order chi connectivity index (χ0) is 11.8. The Morgan fingerprint density at radius 1 is 1.38 bits per heavy atom. The highest BCUT2D eigenvalue weighted by atomic mass is 32.2. The molecule has 0 saturated heterocycles. The minimum atomic E-state index is -3.61. The largest absolute Gasteiger partial charge is 0.328 e. The summed E-state index contributed by atoms with van der Waals surface area (Å²) in [7, 11) is -3.61. The van der Waals surface area contributed by atoms with E-state index in [-0.39, 0.29) is 17.0 Å². The number of hydrogen-bond donors (Lipinski definition) is 2. The van der Waals surface area contributed by atoms with Crippen LogP contribution >= 0.6 is 0 Å². The summed E-state index contributed by atoms with van der Waals surface area (Å²) >= 11 is 0. The zero-order valence-corrected chi connectivity index (χ0v) is 9.37. The SMILES string of the molecule is NC1CC(NS(=O)(=O)c2cccc(F)c2)C1. The molecule has 1 aromatic carbocycles. The third-order valence-corrected chi connectivity index (χ3v) is 4.12. The van der Waals surface area contributed by atoms with E-state index in [9.17, 15) is 12.8 Å². The van der Waals surface area contributed by atoms with Gasteiger partial charge in [0.1, 0.15) is 5.82 Å². The summed E-state index contributed by atoms with van der Waals surface area (Å²) in [5, 5.41) is 0. The Labute approximate surface area is 93.7 Å².